The number of carbonyl (C=O) groups is 1. The number of rotatable bonds is 8. The van der Waals surface area contributed by atoms with Gasteiger partial charge in [-0.1, -0.05) is 12.2 Å². The van der Waals surface area contributed by atoms with E-state index in [1.165, 1.54) is 13.2 Å². The summed E-state index contributed by atoms with van der Waals surface area (Å²) in [4.78, 5) is 13.3. The van der Waals surface area contributed by atoms with Crippen molar-refractivity contribution in [1.29, 1.82) is 0 Å². The smallest absolute Gasteiger partial charge is 0.325 e. The van der Waals surface area contributed by atoms with Gasteiger partial charge in [0.25, 0.3) is 0 Å². The van der Waals surface area contributed by atoms with Crippen LogP contribution in [0.1, 0.15) is 12.5 Å². The molecule has 0 aromatic heterocycles. The Balaban J connectivity index is 2.96. The zero-order valence-electron chi connectivity index (χ0n) is 12.1. The third-order valence-electron chi connectivity index (χ3n) is 2.76. The molecule has 0 heterocycles. The van der Waals surface area contributed by atoms with Gasteiger partial charge < -0.3 is 20.1 Å². The molecule has 0 saturated carbocycles. The van der Waals surface area contributed by atoms with Crippen LogP contribution >= 0.6 is 12.2 Å². The first-order chi connectivity index (χ1) is 9.99. The summed E-state index contributed by atoms with van der Waals surface area (Å²) in [6.07, 6.45) is 0. The van der Waals surface area contributed by atoms with Gasteiger partial charge in [-0.05, 0) is 25.1 Å². The quantitative estimate of drug-likeness (QED) is 0.579. The highest BCUT2D eigenvalue weighted by atomic mass is 32.1. The number of esters is 1. The Labute approximate surface area is 128 Å². The summed E-state index contributed by atoms with van der Waals surface area (Å²) >= 11 is 4.81. The lowest BCUT2D eigenvalue weighted by atomic mass is 10.2. The first-order valence-electron chi connectivity index (χ1n) is 6.48. The van der Waals surface area contributed by atoms with Crippen LogP contribution in [0, 0.1) is 5.82 Å². The van der Waals surface area contributed by atoms with Crippen LogP contribution < -0.4 is 10.6 Å². The summed E-state index contributed by atoms with van der Waals surface area (Å²) in [6.45, 7) is 2.66. The highest BCUT2D eigenvalue weighted by Gasteiger charge is 2.16. The van der Waals surface area contributed by atoms with Crippen molar-refractivity contribution >= 4 is 28.9 Å². The largest absolute Gasteiger partial charge is 0.465 e. The molecule has 21 heavy (non-hydrogen) atoms. The van der Waals surface area contributed by atoms with Gasteiger partial charge in [0.05, 0.1) is 18.9 Å². The van der Waals surface area contributed by atoms with Crippen LogP contribution in [0.4, 0.5) is 10.1 Å². The fourth-order valence-corrected chi connectivity index (χ4v) is 1.89. The fraction of sp³-hybridized carbons (Fsp3) is 0.429. The van der Waals surface area contributed by atoms with E-state index in [9.17, 15) is 9.18 Å². The molecule has 116 valence electrons. The maximum Gasteiger partial charge on any atom is 0.325 e. The van der Waals surface area contributed by atoms with E-state index < -0.39 is 11.8 Å². The molecule has 1 rings (SSSR count). The summed E-state index contributed by atoms with van der Waals surface area (Å²) in [6, 6.07) is 4.41. The van der Waals surface area contributed by atoms with Gasteiger partial charge in [0.2, 0.25) is 0 Å². The van der Waals surface area contributed by atoms with Crippen molar-refractivity contribution < 1.29 is 18.7 Å². The van der Waals surface area contributed by atoms with Crippen molar-refractivity contribution in [3.05, 3.63) is 29.6 Å². The number of carbonyl (C=O) groups excluding carboxylic acids is 1. The van der Waals surface area contributed by atoms with E-state index in [1.54, 1.807) is 24.0 Å². The van der Waals surface area contributed by atoms with Crippen LogP contribution in [-0.2, 0) is 14.3 Å². The molecule has 0 aliphatic heterocycles. The Kier molecular flexibility index (Phi) is 7.04. The molecule has 0 unspecified atom stereocenters. The average molecular weight is 314 g/mol. The molecule has 1 aromatic rings. The predicted octanol–water partition coefficient (Wildman–Crippen LogP) is 1.48. The second-order valence-electron chi connectivity index (χ2n) is 4.25. The molecule has 0 spiro atoms. The highest BCUT2D eigenvalue weighted by Crippen LogP contribution is 2.20. The van der Waals surface area contributed by atoms with Gasteiger partial charge in [-0.25, -0.2) is 4.39 Å². The molecule has 7 heteroatoms. The van der Waals surface area contributed by atoms with E-state index in [2.05, 4.69) is 0 Å². The maximum absolute atomic E-state index is 14.2. The maximum atomic E-state index is 14.2. The van der Waals surface area contributed by atoms with Crippen LogP contribution in [0.3, 0.4) is 0 Å². The Bertz CT molecular complexity index is 511. The van der Waals surface area contributed by atoms with Gasteiger partial charge >= 0.3 is 5.97 Å². The van der Waals surface area contributed by atoms with Crippen molar-refractivity contribution in [3.8, 4) is 0 Å². The second kappa shape index (κ2) is 8.53. The number of nitrogens with zero attached hydrogens (tertiary/aromatic N) is 1. The van der Waals surface area contributed by atoms with Gasteiger partial charge in [-0.3, -0.25) is 4.79 Å². The number of hydrogen-bond acceptors (Lipinski definition) is 5. The van der Waals surface area contributed by atoms with E-state index in [4.69, 9.17) is 27.4 Å². The van der Waals surface area contributed by atoms with Crippen LogP contribution in [0.25, 0.3) is 0 Å². The van der Waals surface area contributed by atoms with Gasteiger partial charge in [0, 0.05) is 19.2 Å². The molecule has 0 bridgehead atoms. The van der Waals surface area contributed by atoms with E-state index in [1.807, 2.05) is 0 Å². The van der Waals surface area contributed by atoms with Crippen molar-refractivity contribution in [2.24, 2.45) is 5.73 Å². The van der Waals surface area contributed by atoms with Gasteiger partial charge in [0.1, 0.15) is 17.4 Å². The molecular weight excluding hydrogens is 295 g/mol. The molecular formula is C14H19FN2O3S. The zero-order chi connectivity index (χ0) is 15.8. The molecule has 0 aliphatic rings. The summed E-state index contributed by atoms with van der Waals surface area (Å²) in [5.41, 5.74) is 6.18. The van der Waals surface area contributed by atoms with Gasteiger partial charge in [0.15, 0.2) is 0 Å². The lowest BCUT2D eigenvalue weighted by molar-refractivity contribution is -0.141. The summed E-state index contributed by atoms with van der Waals surface area (Å²) in [5.74, 6) is -0.924. The van der Waals surface area contributed by atoms with Crippen molar-refractivity contribution in [1.82, 2.24) is 0 Å². The van der Waals surface area contributed by atoms with Gasteiger partial charge in [-0.15, -0.1) is 0 Å². The fourth-order valence-electron chi connectivity index (χ4n) is 1.77. The highest BCUT2D eigenvalue weighted by molar-refractivity contribution is 7.80. The SMILES string of the molecule is CCOC(=O)CN(CCOC)c1ccc(C(N)=S)cc1F. The minimum absolute atomic E-state index is 0.0550. The number of halogens is 1. The second-order valence-corrected chi connectivity index (χ2v) is 4.69. The summed E-state index contributed by atoms with van der Waals surface area (Å²) in [7, 11) is 1.54. The standard InChI is InChI=1S/C14H19FN2O3S/c1-3-20-13(18)9-17(6-7-19-2)12-5-4-10(14(16)21)8-11(12)15/h4-5,8H,3,6-7,9H2,1-2H3,(H2,16,21). The summed E-state index contributed by atoms with van der Waals surface area (Å²) in [5, 5.41) is 0. The number of ether oxygens (including phenoxy) is 2. The van der Waals surface area contributed by atoms with Crippen molar-refractivity contribution in [2.75, 3.05) is 38.3 Å². The molecule has 0 radical (unpaired) electrons. The number of thiocarbonyl (C=S) groups is 1. The monoisotopic (exact) mass is 314 g/mol. The van der Waals surface area contributed by atoms with E-state index >= 15 is 0 Å². The molecule has 1 aromatic carbocycles. The van der Waals surface area contributed by atoms with E-state index in [0.717, 1.165) is 0 Å². The Hall–Kier alpha value is -1.73. The molecule has 5 nitrogen and oxygen atoms in total. The summed E-state index contributed by atoms with van der Waals surface area (Å²) < 4.78 is 24.0. The van der Waals surface area contributed by atoms with Crippen molar-refractivity contribution in [2.45, 2.75) is 6.92 Å². The van der Waals surface area contributed by atoms with Crippen LogP contribution in [0.2, 0.25) is 0 Å². The van der Waals surface area contributed by atoms with Gasteiger partial charge in [-0.2, -0.15) is 0 Å². The minimum Gasteiger partial charge on any atom is -0.465 e. The number of hydrogen-bond donors (Lipinski definition) is 1. The Morgan fingerprint density at radius 3 is 2.71 bits per heavy atom. The number of benzene rings is 1. The lowest BCUT2D eigenvalue weighted by Gasteiger charge is -2.24. The first-order valence-corrected chi connectivity index (χ1v) is 6.89. The molecule has 0 amide bonds. The predicted molar refractivity (Wildman–Crippen MR) is 83.0 cm³/mol. The lowest BCUT2D eigenvalue weighted by Crippen LogP contribution is -2.34. The molecule has 0 saturated heterocycles. The normalized spacial score (nSPS) is 10.2. The molecule has 0 fully saturated rings. The third kappa shape index (κ3) is 5.28. The van der Waals surface area contributed by atoms with Crippen LogP contribution in [0.15, 0.2) is 18.2 Å². The van der Waals surface area contributed by atoms with E-state index in [0.29, 0.717) is 18.7 Å². The number of anilines is 1. The number of methoxy groups -OCH3 is 1. The van der Waals surface area contributed by atoms with Crippen LogP contribution in [-0.4, -0.2) is 44.4 Å². The van der Waals surface area contributed by atoms with Crippen LogP contribution in [0.5, 0.6) is 0 Å². The van der Waals surface area contributed by atoms with Crippen molar-refractivity contribution in [3.63, 3.8) is 0 Å². The van der Waals surface area contributed by atoms with E-state index in [-0.39, 0.29) is 23.8 Å². The first kappa shape index (κ1) is 17.3. The number of nitrogens with two attached hydrogens (primary N) is 1. The minimum atomic E-state index is -0.499. The topological polar surface area (TPSA) is 64.8 Å². The average Bonchev–Trinajstić information content (AvgIpc) is 2.43. The zero-order valence-corrected chi connectivity index (χ0v) is 12.9. The Morgan fingerprint density at radius 2 is 2.19 bits per heavy atom. The Morgan fingerprint density at radius 1 is 1.48 bits per heavy atom. The molecule has 0 aliphatic carbocycles. The molecule has 2 N–H and O–H groups in total. The third-order valence-corrected chi connectivity index (χ3v) is 3.00. The molecule has 0 atom stereocenters.